The van der Waals surface area contributed by atoms with E-state index in [2.05, 4.69) is 17.4 Å². The maximum absolute atomic E-state index is 11.0. The molecule has 1 amide bonds. The summed E-state index contributed by atoms with van der Waals surface area (Å²) < 4.78 is 5.75. The molecule has 0 aliphatic rings. The molecule has 3 aromatic carbocycles. The average molecular weight is 318 g/mol. The quantitative estimate of drug-likeness (QED) is 0.716. The summed E-state index contributed by atoms with van der Waals surface area (Å²) in [5, 5.41) is 3.37. The molecule has 0 unspecified atom stereocenters. The SMILES string of the molecule is NC(=O)c1ccc(Oc2ccc(NCc3ccccc3)cc2)cc1. The average Bonchev–Trinajstić information content (AvgIpc) is 2.62. The number of carbonyl (C=O) groups is 1. The molecule has 0 spiro atoms. The van der Waals surface area contributed by atoms with Gasteiger partial charge in [-0.3, -0.25) is 4.79 Å². The summed E-state index contributed by atoms with van der Waals surface area (Å²) in [6.45, 7) is 0.773. The fraction of sp³-hybridized carbons (Fsp3) is 0.0500. The predicted molar refractivity (Wildman–Crippen MR) is 95.2 cm³/mol. The Hall–Kier alpha value is -3.27. The Bertz CT molecular complexity index is 797. The van der Waals surface area contributed by atoms with Crippen molar-refractivity contribution in [1.82, 2.24) is 0 Å². The summed E-state index contributed by atoms with van der Waals surface area (Å²) in [6.07, 6.45) is 0. The Morgan fingerprint density at radius 2 is 1.42 bits per heavy atom. The highest BCUT2D eigenvalue weighted by molar-refractivity contribution is 5.92. The van der Waals surface area contributed by atoms with Crippen molar-refractivity contribution in [3.63, 3.8) is 0 Å². The molecule has 0 bridgehead atoms. The molecule has 120 valence electrons. The fourth-order valence-electron chi connectivity index (χ4n) is 2.26. The number of nitrogens with two attached hydrogens (primary N) is 1. The molecule has 0 heterocycles. The van der Waals surface area contributed by atoms with Crippen LogP contribution in [0.5, 0.6) is 11.5 Å². The number of nitrogens with one attached hydrogen (secondary N) is 1. The third-order valence-corrected chi connectivity index (χ3v) is 3.57. The van der Waals surface area contributed by atoms with Gasteiger partial charge in [0.05, 0.1) is 0 Å². The van der Waals surface area contributed by atoms with Crippen molar-refractivity contribution in [2.75, 3.05) is 5.32 Å². The van der Waals surface area contributed by atoms with Gasteiger partial charge in [0.25, 0.3) is 0 Å². The molecule has 4 heteroatoms. The second-order valence-electron chi connectivity index (χ2n) is 5.35. The van der Waals surface area contributed by atoms with Gasteiger partial charge in [0, 0.05) is 17.8 Å². The maximum Gasteiger partial charge on any atom is 0.248 e. The van der Waals surface area contributed by atoms with Crippen molar-refractivity contribution in [2.24, 2.45) is 5.73 Å². The van der Waals surface area contributed by atoms with Gasteiger partial charge in [0.2, 0.25) is 5.91 Å². The first kappa shape index (κ1) is 15.6. The smallest absolute Gasteiger partial charge is 0.248 e. The van der Waals surface area contributed by atoms with Crippen LogP contribution < -0.4 is 15.8 Å². The number of ether oxygens (including phenoxy) is 1. The largest absolute Gasteiger partial charge is 0.457 e. The minimum absolute atomic E-state index is 0.449. The van der Waals surface area contributed by atoms with Crippen molar-refractivity contribution in [1.29, 1.82) is 0 Å². The van der Waals surface area contributed by atoms with Crippen LogP contribution in [0.25, 0.3) is 0 Å². The molecule has 0 fully saturated rings. The third-order valence-electron chi connectivity index (χ3n) is 3.57. The van der Waals surface area contributed by atoms with Gasteiger partial charge in [-0.15, -0.1) is 0 Å². The second-order valence-corrected chi connectivity index (χ2v) is 5.35. The van der Waals surface area contributed by atoms with Gasteiger partial charge >= 0.3 is 0 Å². The van der Waals surface area contributed by atoms with Gasteiger partial charge in [-0.1, -0.05) is 30.3 Å². The Morgan fingerprint density at radius 1 is 0.833 bits per heavy atom. The number of anilines is 1. The van der Waals surface area contributed by atoms with Crippen molar-refractivity contribution < 1.29 is 9.53 Å². The lowest BCUT2D eigenvalue weighted by molar-refractivity contribution is 0.100. The van der Waals surface area contributed by atoms with Crippen LogP contribution in [0, 0.1) is 0 Å². The Balaban J connectivity index is 1.59. The normalized spacial score (nSPS) is 10.2. The fourth-order valence-corrected chi connectivity index (χ4v) is 2.26. The van der Waals surface area contributed by atoms with E-state index in [1.807, 2.05) is 42.5 Å². The first-order valence-corrected chi connectivity index (χ1v) is 7.66. The monoisotopic (exact) mass is 318 g/mol. The zero-order valence-electron chi connectivity index (χ0n) is 13.1. The van der Waals surface area contributed by atoms with E-state index < -0.39 is 5.91 Å². The van der Waals surface area contributed by atoms with E-state index in [-0.39, 0.29) is 0 Å². The van der Waals surface area contributed by atoms with Gasteiger partial charge in [-0.2, -0.15) is 0 Å². The van der Waals surface area contributed by atoms with Crippen molar-refractivity contribution in [3.8, 4) is 11.5 Å². The summed E-state index contributed by atoms with van der Waals surface area (Å²) in [7, 11) is 0. The van der Waals surface area contributed by atoms with Crippen LogP contribution in [-0.4, -0.2) is 5.91 Å². The molecule has 4 nitrogen and oxygen atoms in total. The number of hydrogen-bond donors (Lipinski definition) is 2. The summed E-state index contributed by atoms with van der Waals surface area (Å²) in [5.41, 5.74) is 7.93. The number of primary amides is 1. The second kappa shape index (κ2) is 7.33. The van der Waals surface area contributed by atoms with E-state index in [0.717, 1.165) is 18.0 Å². The van der Waals surface area contributed by atoms with Crippen LogP contribution in [0.3, 0.4) is 0 Å². The topological polar surface area (TPSA) is 64.4 Å². The molecule has 0 aliphatic heterocycles. The highest BCUT2D eigenvalue weighted by Crippen LogP contribution is 2.23. The Morgan fingerprint density at radius 3 is 2.00 bits per heavy atom. The maximum atomic E-state index is 11.0. The summed E-state index contributed by atoms with van der Waals surface area (Å²) in [5.74, 6) is 0.937. The van der Waals surface area contributed by atoms with Gasteiger partial charge in [0.15, 0.2) is 0 Å². The molecule has 0 saturated heterocycles. The van der Waals surface area contributed by atoms with Gasteiger partial charge < -0.3 is 15.8 Å². The van der Waals surface area contributed by atoms with Crippen LogP contribution in [0.1, 0.15) is 15.9 Å². The standard InChI is InChI=1S/C20H18N2O2/c21-20(23)16-6-10-18(11-7-16)24-19-12-8-17(9-13-19)22-14-15-4-2-1-3-5-15/h1-13,22H,14H2,(H2,21,23). The van der Waals surface area contributed by atoms with E-state index in [4.69, 9.17) is 10.5 Å². The molecule has 3 rings (SSSR count). The number of benzene rings is 3. The molecule has 0 aromatic heterocycles. The third kappa shape index (κ3) is 4.14. The van der Waals surface area contributed by atoms with E-state index >= 15 is 0 Å². The van der Waals surface area contributed by atoms with E-state index in [0.29, 0.717) is 11.3 Å². The van der Waals surface area contributed by atoms with Crippen LogP contribution >= 0.6 is 0 Å². The van der Waals surface area contributed by atoms with Crippen molar-refractivity contribution in [2.45, 2.75) is 6.54 Å². The van der Waals surface area contributed by atoms with E-state index in [1.54, 1.807) is 24.3 Å². The van der Waals surface area contributed by atoms with Crippen molar-refractivity contribution >= 4 is 11.6 Å². The summed E-state index contributed by atoms with van der Waals surface area (Å²) in [6, 6.07) is 24.7. The van der Waals surface area contributed by atoms with Gasteiger partial charge in [0.1, 0.15) is 11.5 Å². The highest BCUT2D eigenvalue weighted by Gasteiger charge is 2.02. The first-order chi connectivity index (χ1) is 11.7. The van der Waals surface area contributed by atoms with Gasteiger partial charge in [-0.25, -0.2) is 0 Å². The van der Waals surface area contributed by atoms with Crippen LogP contribution in [0.2, 0.25) is 0 Å². The summed E-state index contributed by atoms with van der Waals surface area (Å²) >= 11 is 0. The van der Waals surface area contributed by atoms with Crippen molar-refractivity contribution in [3.05, 3.63) is 90.0 Å². The zero-order valence-corrected chi connectivity index (χ0v) is 13.1. The highest BCUT2D eigenvalue weighted by atomic mass is 16.5. The Kier molecular flexibility index (Phi) is 4.77. The van der Waals surface area contributed by atoms with Crippen LogP contribution in [0.4, 0.5) is 5.69 Å². The Labute approximate surface area is 140 Å². The molecule has 24 heavy (non-hydrogen) atoms. The molecular weight excluding hydrogens is 300 g/mol. The molecule has 0 saturated carbocycles. The molecule has 0 aliphatic carbocycles. The molecule has 0 atom stereocenters. The lowest BCUT2D eigenvalue weighted by Crippen LogP contribution is -2.10. The molecule has 3 N–H and O–H groups in total. The first-order valence-electron chi connectivity index (χ1n) is 7.66. The molecule has 3 aromatic rings. The number of hydrogen-bond acceptors (Lipinski definition) is 3. The predicted octanol–water partition coefficient (Wildman–Crippen LogP) is 4.19. The lowest BCUT2D eigenvalue weighted by atomic mass is 10.2. The van der Waals surface area contributed by atoms with Crippen LogP contribution in [0.15, 0.2) is 78.9 Å². The number of rotatable bonds is 6. The molecule has 0 radical (unpaired) electrons. The number of amides is 1. The zero-order chi connectivity index (χ0) is 16.8. The lowest BCUT2D eigenvalue weighted by Gasteiger charge is -2.09. The van der Waals surface area contributed by atoms with E-state index in [1.165, 1.54) is 5.56 Å². The number of carbonyl (C=O) groups excluding carboxylic acids is 1. The summed E-state index contributed by atoms with van der Waals surface area (Å²) in [4.78, 5) is 11.0. The van der Waals surface area contributed by atoms with Crippen LogP contribution in [-0.2, 0) is 6.54 Å². The van der Waals surface area contributed by atoms with Gasteiger partial charge in [-0.05, 0) is 54.1 Å². The minimum Gasteiger partial charge on any atom is -0.457 e. The van der Waals surface area contributed by atoms with E-state index in [9.17, 15) is 4.79 Å². The molecular formula is C20H18N2O2. The minimum atomic E-state index is -0.449.